The minimum atomic E-state index is -0.373. The highest BCUT2D eigenvalue weighted by Crippen LogP contribution is 2.33. The zero-order chi connectivity index (χ0) is 18.3. The summed E-state index contributed by atoms with van der Waals surface area (Å²) in [6.07, 6.45) is 5.60. The van der Waals surface area contributed by atoms with Gasteiger partial charge in [0.1, 0.15) is 12.1 Å². The number of rotatable bonds is 2. The van der Waals surface area contributed by atoms with Crippen molar-refractivity contribution in [2.75, 3.05) is 31.1 Å². The third kappa shape index (κ3) is 3.02. The first-order chi connectivity index (χ1) is 12.5. The van der Waals surface area contributed by atoms with Crippen LogP contribution < -0.4 is 10.6 Å². The van der Waals surface area contributed by atoms with Gasteiger partial charge in [-0.1, -0.05) is 12.8 Å². The summed E-state index contributed by atoms with van der Waals surface area (Å²) < 4.78 is 1.77. The van der Waals surface area contributed by atoms with Crippen molar-refractivity contribution < 1.29 is 4.79 Å². The summed E-state index contributed by atoms with van der Waals surface area (Å²) in [5, 5.41) is 4.29. The highest BCUT2D eigenvalue weighted by molar-refractivity contribution is 5.80. The lowest BCUT2D eigenvalue weighted by molar-refractivity contribution is -0.139. The third-order valence-corrected chi connectivity index (χ3v) is 5.83. The number of amides is 1. The van der Waals surface area contributed by atoms with Crippen molar-refractivity contribution in [3.63, 3.8) is 0 Å². The molecule has 3 heterocycles. The zero-order valence-corrected chi connectivity index (χ0v) is 15.6. The van der Waals surface area contributed by atoms with Gasteiger partial charge in [0, 0.05) is 43.5 Å². The first-order valence-electron chi connectivity index (χ1n) is 9.46. The summed E-state index contributed by atoms with van der Waals surface area (Å²) in [6, 6.07) is 2.03. The quantitative estimate of drug-likeness (QED) is 0.862. The van der Waals surface area contributed by atoms with Gasteiger partial charge in [0.15, 0.2) is 0 Å². The van der Waals surface area contributed by atoms with Gasteiger partial charge < -0.3 is 15.5 Å². The van der Waals surface area contributed by atoms with Crippen molar-refractivity contribution in [3.05, 3.63) is 18.1 Å². The van der Waals surface area contributed by atoms with E-state index in [4.69, 9.17) is 5.73 Å². The van der Waals surface area contributed by atoms with Gasteiger partial charge in [-0.25, -0.2) is 4.98 Å². The molecule has 2 unspecified atom stereocenters. The summed E-state index contributed by atoms with van der Waals surface area (Å²) >= 11 is 0. The number of piperazine rings is 1. The second-order valence-electron chi connectivity index (χ2n) is 7.84. The Balaban J connectivity index is 1.47. The van der Waals surface area contributed by atoms with Gasteiger partial charge in [-0.05, 0) is 26.7 Å². The van der Waals surface area contributed by atoms with Crippen LogP contribution in [0.5, 0.6) is 0 Å². The molecule has 1 saturated heterocycles. The van der Waals surface area contributed by atoms with E-state index in [1.54, 1.807) is 4.52 Å². The molecule has 26 heavy (non-hydrogen) atoms. The number of fused-ring (bicyclic) bond motifs is 1. The van der Waals surface area contributed by atoms with Gasteiger partial charge in [-0.15, -0.1) is 0 Å². The molecule has 2 aromatic heterocycles. The fourth-order valence-electron chi connectivity index (χ4n) is 4.28. The molecule has 2 aliphatic rings. The van der Waals surface area contributed by atoms with Crippen LogP contribution in [0.3, 0.4) is 0 Å². The average Bonchev–Trinajstić information content (AvgIpc) is 3.08. The lowest BCUT2D eigenvalue weighted by Crippen LogP contribution is -2.57. The number of hydrogen-bond acceptors (Lipinski definition) is 6. The van der Waals surface area contributed by atoms with E-state index in [2.05, 4.69) is 20.0 Å². The van der Waals surface area contributed by atoms with E-state index >= 15 is 0 Å². The van der Waals surface area contributed by atoms with E-state index in [1.807, 2.05) is 24.8 Å². The Kier molecular flexibility index (Phi) is 4.30. The van der Waals surface area contributed by atoms with Gasteiger partial charge in [-0.2, -0.15) is 14.6 Å². The fraction of sp³-hybridized carbons (Fsp3) is 0.667. The lowest BCUT2D eigenvalue weighted by Gasteiger charge is -2.42. The minimum Gasteiger partial charge on any atom is -0.353 e. The lowest BCUT2D eigenvalue weighted by atomic mass is 9.74. The Morgan fingerprint density at radius 2 is 2.04 bits per heavy atom. The maximum Gasteiger partial charge on any atom is 0.254 e. The number of hydrogen-bond donors (Lipinski definition) is 1. The van der Waals surface area contributed by atoms with Crippen LogP contribution in [0.1, 0.15) is 38.3 Å². The van der Waals surface area contributed by atoms with Crippen LogP contribution in [-0.4, -0.2) is 62.1 Å². The van der Waals surface area contributed by atoms with Crippen LogP contribution in [0.15, 0.2) is 12.4 Å². The molecule has 2 atom stereocenters. The molecule has 0 radical (unpaired) electrons. The molecule has 2 aromatic rings. The Morgan fingerprint density at radius 3 is 2.77 bits per heavy atom. The van der Waals surface area contributed by atoms with Crippen molar-refractivity contribution in [1.82, 2.24) is 24.5 Å². The number of nitrogens with zero attached hydrogens (tertiary/aromatic N) is 6. The van der Waals surface area contributed by atoms with Crippen LogP contribution in [0.2, 0.25) is 0 Å². The second-order valence-corrected chi connectivity index (χ2v) is 7.84. The van der Waals surface area contributed by atoms with E-state index < -0.39 is 0 Å². The Labute approximate surface area is 153 Å². The molecule has 0 aromatic carbocycles. The fourth-order valence-corrected chi connectivity index (χ4v) is 4.28. The SMILES string of the molecule is Cc1cc(N2CCN(C(=O)C3CCCCC3(C)N)CC2)n2ncnc2n1. The standard InChI is InChI=1S/C18H27N7O/c1-13-11-15(25-17(22-13)20-12-21-25)23-7-9-24(10-8-23)16(26)14-5-3-4-6-18(14,2)19/h11-12,14H,3-10,19H2,1-2H3. The number of carbonyl (C=O) groups excluding carboxylic acids is 1. The predicted molar refractivity (Wildman–Crippen MR) is 98.9 cm³/mol. The number of aryl methyl sites for hydroxylation is 1. The molecule has 140 valence electrons. The van der Waals surface area contributed by atoms with E-state index in [1.165, 1.54) is 6.33 Å². The minimum absolute atomic E-state index is 0.0482. The molecule has 0 bridgehead atoms. The van der Waals surface area contributed by atoms with Gasteiger partial charge in [0.25, 0.3) is 5.78 Å². The van der Waals surface area contributed by atoms with Gasteiger partial charge in [0.2, 0.25) is 5.91 Å². The normalized spacial score (nSPS) is 27.1. The van der Waals surface area contributed by atoms with Crippen molar-refractivity contribution in [1.29, 1.82) is 0 Å². The molecular formula is C18H27N7O. The molecule has 4 rings (SSSR count). The third-order valence-electron chi connectivity index (χ3n) is 5.83. The maximum atomic E-state index is 13.0. The van der Waals surface area contributed by atoms with Gasteiger partial charge >= 0.3 is 0 Å². The van der Waals surface area contributed by atoms with Crippen LogP contribution in [-0.2, 0) is 4.79 Å². The first kappa shape index (κ1) is 17.2. The highest BCUT2D eigenvalue weighted by Gasteiger charge is 2.40. The molecule has 2 N–H and O–H groups in total. The number of anilines is 1. The Hall–Kier alpha value is -2.22. The van der Waals surface area contributed by atoms with Crippen molar-refractivity contribution in [3.8, 4) is 0 Å². The van der Waals surface area contributed by atoms with Crippen LogP contribution in [0.4, 0.5) is 5.82 Å². The number of nitrogens with two attached hydrogens (primary N) is 1. The maximum absolute atomic E-state index is 13.0. The molecule has 2 fully saturated rings. The molecule has 1 saturated carbocycles. The van der Waals surface area contributed by atoms with E-state index in [-0.39, 0.29) is 17.4 Å². The van der Waals surface area contributed by atoms with E-state index in [0.717, 1.165) is 50.3 Å². The number of aromatic nitrogens is 4. The summed E-state index contributed by atoms with van der Waals surface area (Å²) in [6.45, 7) is 6.97. The monoisotopic (exact) mass is 357 g/mol. The topological polar surface area (TPSA) is 92.7 Å². The summed E-state index contributed by atoms with van der Waals surface area (Å²) in [7, 11) is 0. The molecule has 8 nitrogen and oxygen atoms in total. The second kappa shape index (κ2) is 6.50. The van der Waals surface area contributed by atoms with Crippen molar-refractivity contribution in [2.24, 2.45) is 11.7 Å². The van der Waals surface area contributed by atoms with E-state index in [9.17, 15) is 4.79 Å². The predicted octanol–water partition coefficient (Wildman–Crippen LogP) is 0.989. The highest BCUT2D eigenvalue weighted by atomic mass is 16.2. The van der Waals surface area contributed by atoms with E-state index in [0.29, 0.717) is 18.9 Å². The molecule has 1 amide bonds. The van der Waals surface area contributed by atoms with Crippen molar-refractivity contribution >= 4 is 17.5 Å². The van der Waals surface area contributed by atoms with Crippen LogP contribution in [0.25, 0.3) is 5.78 Å². The zero-order valence-electron chi connectivity index (χ0n) is 15.6. The van der Waals surface area contributed by atoms with Gasteiger partial charge in [0.05, 0.1) is 5.92 Å². The summed E-state index contributed by atoms with van der Waals surface area (Å²) in [5.41, 5.74) is 6.97. The first-order valence-corrected chi connectivity index (χ1v) is 9.46. The van der Waals surface area contributed by atoms with Crippen LogP contribution >= 0.6 is 0 Å². The van der Waals surface area contributed by atoms with Crippen molar-refractivity contribution in [2.45, 2.75) is 45.1 Å². The Bertz CT molecular complexity index is 807. The molecular weight excluding hydrogens is 330 g/mol. The Morgan fingerprint density at radius 1 is 1.27 bits per heavy atom. The average molecular weight is 357 g/mol. The number of carbonyl (C=O) groups is 1. The smallest absolute Gasteiger partial charge is 0.254 e. The molecule has 1 aliphatic carbocycles. The summed E-state index contributed by atoms with van der Waals surface area (Å²) in [5.74, 6) is 1.78. The van der Waals surface area contributed by atoms with Gasteiger partial charge in [-0.3, -0.25) is 4.79 Å². The van der Waals surface area contributed by atoms with Crippen LogP contribution in [0, 0.1) is 12.8 Å². The largest absolute Gasteiger partial charge is 0.353 e. The molecule has 8 heteroatoms. The molecule has 1 aliphatic heterocycles. The summed E-state index contributed by atoms with van der Waals surface area (Å²) in [4.78, 5) is 25.9. The molecule has 0 spiro atoms.